The normalized spacial score (nSPS) is 11.8. The Bertz CT molecular complexity index is 441. The van der Waals surface area contributed by atoms with Gasteiger partial charge in [-0.2, -0.15) is 13.2 Å². The third-order valence-electron chi connectivity index (χ3n) is 2.69. The van der Waals surface area contributed by atoms with Crippen LogP contribution in [-0.4, -0.2) is 12.1 Å². The first-order valence-corrected chi connectivity index (χ1v) is 5.62. The highest BCUT2D eigenvalue weighted by molar-refractivity contribution is 5.95. The van der Waals surface area contributed by atoms with Crippen LogP contribution in [0, 0.1) is 13.8 Å². The maximum absolute atomic E-state index is 12.1. The van der Waals surface area contributed by atoms with Crippen LogP contribution in [0.1, 0.15) is 36.5 Å². The fourth-order valence-electron chi connectivity index (χ4n) is 2.16. The molecule has 0 unspecified atom stereocenters. The molecule has 0 bridgehead atoms. The molecule has 0 aliphatic carbocycles. The molecule has 0 atom stereocenters. The number of carbonyl (C=O) groups excluding carboxylic acids is 1. The van der Waals surface area contributed by atoms with Gasteiger partial charge in [-0.1, -0.05) is 13.8 Å². The monoisotopic (exact) mass is 259 g/mol. The quantitative estimate of drug-likeness (QED) is 0.856. The third-order valence-corrected chi connectivity index (χ3v) is 2.69. The Kier molecular flexibility index (Phi) is 4.04. The van der Waals surface area contributed by atoms with Gasteiger partial charge in [-0.05, 0) is 48.6 Å². The summed E-state index contributed by atoms with van der Waals surface area (Å²) < 4.78 is 36.4. The summed E-state index contributed by atoms with van der Waals surface area (Å²) in [5, 5.41) is 1.87. The van der Waals surface area contributed by atoms with Gasteiger partial charge in [0.1, 0.15) is 0 Å². The molecule has 1 aromatic carbocycles. The number of alkyl halides is 3. The number of hydrogen-bond acceptors (Lipinski definition) is 1. The van der Waals surface area contributed by atoms with Crippen LogP contribution in [0.15, 0.2) is 12.1 Å². The van der Waals surface area contributed by atoms with Crippen molar-refractivity contribution in [2.24, 2.45) is 0 Å². The second-order valence-electron chi connectivity index (χ2n) is 4.63. The van der Waals surface area contributed by atoms with E-state index in [2.05, 4.69) is 0 Å². The highest BCUT2D eigenvalue weighted by atomic mass is 19.4. The van der Waals surface area contributed by atoms with Crippen molar-refractivity contribution >= 4 is 11.6 Å². The molecule has 0 aliphatic heterocycles. The van der Waals surface area contributed by atoms with E-state index in [4.69, 9.17) is 0 Å². The molecule has 0 spiro atoms. The maximum Gasteiger partial charge on any atom is 0.471 e. The van der Waals surface area contributed by atoms with Gasteiger partial charge < -0.3 is 5.32 Å². The minimum Gasteiger partial charge on any atom is -0.318 e. The molecule has 1 amide bonds. The number of rotatable bonds is 2. The summed E-state index contributed by atoms with van der Waals surface area (Å²) >= 11 is 0. The van der Waals surface area contributed by atoms with Gasteiger partial charge in [-0.25, -0.2) is 0 Å². The molecule has 2 nitrogen and oxygen atoms in total. The molecule has 0 fully saturated rings. The number of halogens is 3. The van der Waals surface area contributed by atoms with Crippen molar-refractivity contribution in [2.45, 2.75) is 39.8 Å². The molecule has 1 aromatic rings. The van der Waals surface area contributed by atoms with Gasteiger partial charge in [0, 0.05) is 5.69 Å². The number of anilines is 1. The molecule has 0 aliphatic rings. The summed E-state index contributed by atoms with van der Waals surface area (Å²) in [6, 6.07) is 3.12. The summed E-state index contributed by atoms with van der Waals surface area (Å²) in [5.41, 5.74) is 3.03. The lowest BCUT2D eigenvalue weighted by Crippen LogP contribution is -2.30. The third kappa shape index (κ3) is 3.24. The van der Waals surface area contributed by atoms with Crippen LogP contribution >= 0.6 is 0 Å². The zero-order chi connectivity index (χ0) is 14.1. The number of aryl methyl sites for hydroxylation is 2. The topological polar surface area (TPSA) is 29.1 Å². The molecule has 0 radical (unpaired) electrons. The second kappa shape index (κ2) is 5.00. The first-order chi connectivity index (χ1) is 8.12. The Morgan fingerprint density at radius 3 is 1.94 bits per heavy atom. The van der Waals surface area contributed by atoms with Gasteiger partial charge >= 0.3 is 12.1 Å². The molecule has 1 N–H and O–H groups in total. The Balaban J connectivity index is 3.05. The van der Waals surface area contributed by atoms with Gasteiger partial charge in [0.15, 0.2) is 0 Å². The van der Waals surface area contributed by atoms with Crippen molar-refractivity contribution in [3.63, 3.8) is 0 Å². The van der Waals surface area contributed by atoms with Crippen LogP contribution in [-0.2, 0) is 4.79 Å². The first-order valence-electron chi connectivity index (χ1n) is 5.62. The molecule has 100 valence electrons. The minimum absolute atomic E-state index is 0.178. The molecule has 1 rings (SSSR count). The fraction of sp³-hybridized carbons (Fsp3) is 0.462. The van der Waals surface area contributed by atoms with Gasteiger partial charge in [0.05, 0.1) is 0 Å². The van der Waals surface area contributed by atoms with Crippen LogP contribution in [0.2, 0.25) is 0 Å². The van der Waals surface area contributed by atoms with Crippen LogP contribution in [0.25, 0.3) is 0 Å². The summed E-state index contributed by atoms with van der Waals surface area (Å²) in [7, 11) is 0. The SMILES string of the molecule is Cc1cc(NC(=O)C(F)(F)F)cc(C)c1C(C)C. The highest BCUT2D eigenvalue weighted by Gasteiger charge is 2.38. The van der Waals surface area contributed by atoms with Gasteiger partial charge in [0.2, 0.25) is 0 Å². The van der Waals surface area contributed by atoms with Gasteiger partial charge in [0.25, 0.3) is 0 Å². The van der Waals surface area contributed by atoms with E-state index < -0.39 is 12.1 Å². The summed E-state index contributed by atoms with van der Waals surface area (Å²) in [6.45, 7) is 7.68. The minimum atomic E-state index is -4.86. The number of benzene rings is 1. The van der Waals surface area contributed by atoms with E-state index in [1.165, 1.54) is 0 Å². The predicted molar refractivity (Wildman–Crippen MR) is 64.7 cm³/mol. The van der Waals surface area contributed by atoms with E-state index >= 15 is 0 Å². The summed E-state index contributed by atoms with van der Waals surface area (Å²) in [6.07, 6.45) is -4.86. The molecule has 0 heterocycles. The van der Waals surface area contributed by atoms with Crippen molar-refractivity contribution in [3.8, 4) is 0 Å². The van der Waals surface area contributed by atoms with Crippen LogP contribution in [0.5, 0.6) is 0 Å². The van der Waals surface area contributed by atoms with Crippen molar-refractivity contribution in [1.29, 1.82) is 0 Å². The van der Waals surface area contributed by atoms with Crippen LogP contribution in [0.4, 0.5) is 18.9 Å². The number of hydrogen-bond donors (Lipinski definition) is 1. The van der Waals surface area contributed by atoms with Crippen molar-refractivity contribution in [2.75, 3.05) is 5.32 Å². The number of amides is 1. The zero-order valence-corrected chi connectivity index (χ0v) is 10.8. The number of carbonyl (C=O) groups is 1. The van der Waals surface area contributed by atoms with E-state index in [1.54, 1.807) is 12.1 Å². The standard InChI is InChI=1S/C13H16F3NO/c1-7(2)11-8(3)5-10(6-9(11)4)17-12(18)13(14,15)16/h5-7H,1-4H3,(H,17,18). The highest BCUT2D eigenvalue weighted by Crippen LogP contribution is 2.27. The Hall–Kier alpha value is -1.52. The van der Waals surface area contributed by atoms with Gasteiger partial charge in [-0.15, -0.1) is 0 Å². The van der Waals surface area contributed by atoms with E-state index in [1.807, 2.05) is 33.0 Å². The van der Waals surface area contributed by atoms with E-state index in [0.717, 1.165) is 16.7 Å². The lowest BCUT2D eigenvalue weighted by molar-refractivity contribution is -0.167. The smallest absolute Gasteiger partial charge is 0.318 e. The van der Waals surface area contributed by atoms with Crippen molar-refractivity contribution in [3.05, 3.63) is 28.8 Å². The predicted octanol–water partition coefficient (Wildman–Crippen LogP) is 3.93. The first kappa shape index (κ1) is 14.5. The Morgan fingerprint density at radius 2 is 1.61 bits per heavy atom. The molecule has 18 heavy (non-hydrogen) atoms. The molecule has 0 saturated carbocycles. The molecular weight excluding hydrogens is 243 g/mol. The molecule has 0 aromatic heterocycles. The molecule has 0 saturated heterocycles. The zero-order valence-electron chi connectivity index (χ0n) is 10.8. The van der Waals surface area contributed by atoms with Crippen molar-refractivity contribution < 1.29 is 18.0 Å². The van der Waals surface area contributed by atoms with Gasteiger partial charge in [-0.3, -0.25) is 4.79 Å². The van der Waals surface area contributed by atoms with Crippen LogP contribution < -0.4 is 5.32 Å². The summed E-state index contributed by atoms with van der Waals surface area (Å²) in [5.74, 6) is -1.66. The lowest BCUT2D eigenvalue weighted by atomic mass is 9.93. The van der Waals surface area contributed by atoms with Crippen LogP contribution in [0.3, 0.4) is 0 Å². The average molecular weight is 259 g/mol. The van der Waals surface area contributed by atoms with Crippen molar-refractivity contribution in [1.82, 2.24) is 0 Å². The number of nitrogens with one attached hydrogen (secondary N) is 1. The van der Waals surface area contributed by atoms with E-state index in [-0.39, 0.29) is 11.6 Å². The Labute approximate surface area is 104 Å². The second-order valence-corrected chi connectivity index (χ2v) is 4.63. The maximum atomic E-state index is 12.1. The average Bonchev–Trinajstić information content (AvgIpc) is 2.13. The molecular formula is C13H16F3NO. The largest absolute Gasteiger partial charge is 0.471 e. The fourth-order valence-corrected chi connectivity index (χ4v) is 2.16. The van der Waals surface area contributed by atoms with E-state index in [0.29, 0.717) is 0 Å². The lowest BCUT2D eigenvalue weighted by Gasteiger charge is -2.16. The summed E-state index contributed by atoms with van der Waals surface area (Å²) in [4.78, 5) is 10.8. The Morgan fingerprint density at radius 1 is 1.17 bits per heavy atom. The molecule has 5 heteroatoms. The van der Waals surface area contributed by atoms with E-state index in [9.17, 15) is 18.0 Å².